The minimum Gasteiger partial charge on any atom is -0.465 e. The first kappa shape index (κ1) is 11.8. The highest BCUT2D eigenvalue weighted by Gasteiger charge is 2.15. The Labute approximate surface area is 94.1 Å². The second kappa shape index (κ2) is 5.56. The van der Waals surface area contributed by atoms with Gasteiger partial charge in [-0.2, -0.15) is 5.26 Å². The van der Waals surface area contributed by atoms with E-state index in [2.05, 4.69) is 10.1 Å². The molecule has 1 N–H and O–H groups in total. The van der Waals surface area contributed by atoms with E-state index in [1.807, 2.05) is 36.4 Å². The zero-order valence-corrected chi connectivity index (χ0v) is 9.15. The maximum atomic E-state index is 11.4. The van der Waals surface area contributed by atoms with Crippen LogP contribution in [0.5, 0.6) is 0 Å². The first-order chi connectivity index (χ1) is 7.74. The number of nitrogens with zero attached hydrogens (tertiary/aromatic N) is 1. The molecular formula is C12H12N2O2. The highest BCUT2D eigenvalue weighted by molar-refractivity contribution is 6.01. The summed E-state index contributed by atoms with van der Waals surface area (Å²) in [4.78, 5) is 11.4. The summed E-state index contributed by atoms with van der Waals surface area (Å²) in [5.41, 5.74) is 1.21. The molecule has 1 aromatic rings. The van der Waals surface area contributed by atoms with E-state index >= 15 is 0 Å². The van der Waals surface area contributed by atoms with E-state index in [-0.39, 0.29) is 5.57 Å². The molecular weight excluding hydrogens is 204 g/mol. The lowest BCUT2D eigenvalue weighted by atomic mass is 10.1. The van der Waals surface area contributed by atoms with Gasteiger partial charge in [0.25, 0.3) is 0 Å². The molecule has 16 heavy (non-hydrogen) atoms. The normalized spacial score (nSPS) is 11.1. The number of esters is 1. The number of carbonyl (C=O) groups is 1. The van der Waals surface area contributed by atoms with E-state index in [9.17, 15) is 4.79 Å². The molecule has 1 rings (SSSR count). The van der Waals surface area contributed by atoms with Crippen LogP contribution in [0.15, 0.2) is 35.9 Å². The summed E-state index contributed by atoms with van der Waals surface area (Å²) in [5, 5.41) is 11.8. The Bertz CT molecular complexity index is 444. The highest BCUT2D eigenvalue weighted by Crippen LogP contribution is 2.15. The van der Waals surface area contributed by atoms with Crippen molar-refractivity contribution in [2.75, 3.05) is 14.2 Å². The van der Waals surface area contributed by atoms with Crippen molar-refractivity contribution >= 4 is 11.7 Å². The number of hydrogen-bond acceptors (Lipinski definition) is 4. The molecule has 0 spiro atoms. The van der Waals surface area contributed by atoms with Gasteiger partial charge in [-0.1, -0.05) is 30.3 Å². The van der Waals surface area contributed by atoms with Gasteiger partial charge >= 0.3 is 5.97 Å². The standard InChI is InChI=1S/C12H12N2O2/c1-14-11(9-6-4-3-5-7-9)10(8-13)12(15)16-2/h3-7,14H,1-2H3/b11-10+. The summed E-state index contributed by atoms with van der Waals surface area (Å²) < 4.78 is 4.55. The quantitative estimate of drug-likeness (QED) is 0.470. The maximum Gasteiger partial charge on any atom is 0.350 e. The van der Waals surface area contributed by atoms with Gasteiger partial charge in [0, 0.05) is 7.05 Å². The van der Waals surface area contributed by atoms with Crippen LogP contribution in [0.25, 0.3) is 5.70 Å². The van der Waals surface area contributed by atoms with Crippen molar-refractivity contribution in [3.05, 3.63) is 41.5 Å². The molecule has 0 heterocycles. The summed E-state index contributed by atoms with van der Waals surface area (Å²) in [5.74, 6) is -0.643. The van der Waals surface area contributed by atoms with Crippen LogP contribution in [0.2, 0.25) is 0 Å². The fourth-order valence-corrected chi connectivity index (χ4v) is 1.32. The molecule has 0 saturated heterocycles. The highest BCUT2D eigenvalue weighted by atomic mass is 16.5. The van der Waals surface area contributed by atoms with Crippen molar-refractivity contribution in [2.24, 2.45) is 0 Å². The Hall–Kier alpha value is -2.28. The van der Waals surface area contributed by atoms with E-state index in [0.29, 0.717) is 5.70 Å². The Morgan fingerprint density at radius 1 is 1.38 bits per heavy atom. The third-order valence-electron chi connectivity index (χ3n) is 2.06. The maximum absolute atomic E-state index is 11.4. The molecule has 82 valence electrons. The van der Waals surface area contributed by atoms with Gasteiger partial charge in [-0.05, 0) is 5.56 Å². The first-order valence-corrected chi connectivity index (χ1v) is 4.70. The molecule has 4 nitrogen and oxygen atoms in total. The summed E-state index contributed by atoms with van der Waals surface area (Å²) in [6.45, 7) is 0. The van der Waals surface area contributed by atoms with Crippen LogP contribution in [0.1, 0.15) is 5.56 Å². The largest absolute Gasteiger partial charge is 0.465 e. The monoisotopic (exact) mass is 216 g/mol. The summed E-state index contributed by atoms with van der Waals surface area (Å²) in [7, 11) is 2.90. The fraction of sp³-hybridized carbons (Fsp3) is 0.167. The molecule has 0 saturated carbocycles. The molecule has 0 atom stereocenters. The Morgan fingerprint density at radius 2 is 2.00 bits per heavy atom. The molecule has 0 unspecified atom stereocenters. The molecule has 0 aliphatic carbocycles. The van der Waals surface area contributed by atoms with Crippen LogP contribution in [0.3, 0.4) is 0 Å². The minimum absolute atomic E-state index is 0.0313. The number of hydrogen-bond donors (Lipinski definition) is 1. The summed E-state index contributed by atoms with van der Waals surface area (Å²) in [6.07, 6.45) is 0. The summed E-state index contributed by atoms with van der Waals surface area (Å²) >= 11 is 0. The van der Waals surface area contributed by atoms with Gasteiger partial charge in [0.15, 0.2) is 5.57 Å². The van der Waals surface area contributed by atoms with Gasteiger partial charge in [-0.3, -0.25) is 0 Å². The van der Waals surface area contributed by atoms with Gasteiger partial charge in [-0.15, -0.1) is 0 Å². The Morgan fingerprint density at radius 3 is 2.44 bits per heavy atom. The van der Waals surface area contributed by atoms with Gasteiger partial charge < -0.3 is 10.1 Å². The Kier molecular flexibility index (Phi) is 4.10. The molecule has 4 heteroatoms. The number of benzene rings is 1. The second-order valence-corrected chi connectivity index (χ2v) is 2.97. The van der Waals surface area contributed by atoms with Crippen molar-refractivity contribution in [1.29, 1.82) is 5.26 Å². The van der Waals surface area contributed by atoms with Crippen LogP contribution in [0, 0.1) is 11.3 Å². The van der Waals surface area contributed by atoms with E-state index in [1.165, 1.54) is 7.11 Å². The molecule has 0 amide bonds. The number of nitrogens with one attached hydrogen (secondary N) is 1. The first-order valence-electron chi connectivity index (χ1n) is 4.70. The molecule has 0 aliphatic rings. The number of methoxy groups -OCH3 is 1. The number of nitriles is 1. The predicted octanol–water partition coefficient (Wildman–Crippen LogP) is 1.31. The third kappa shape index (κ3) is 2.39. The average Bonchev–Trinajstić information content (AvgIpc) is 2.36. The number of ether oxygens (including phenoxy) is 1. The number of carbonyl (C=O) groups excluding carboxylic acids is 1. The molecule has 0 radical (unpaired) electrons. The fourth-order valence-electron chi connectivity index (χ4n) is 1.32. The minimum atomic E-state index is -0.643. The van der Waals surface area contributed by atoms with E-state index < -0.39 is 5.97 Å². The van der Waals surface area contributed by atoms with Crippen molar-refractivity contribution in [1.82, 2.24) is 5.32 Å². The number of rotatable bonds is 3. The molecule has 0 aromatic heterocycles. The zero-order valence-electron chi connectivity index (χ0n) is 9.15. The predicted molar refractivity (Wildman–Crippen MR) is 60.1 cm³/mol. The SMILES string of the molecule is CN/C(=C(\C#N)C(=O)OC)c1ccccc1. The lowest BCUT2D eigenvalue weighted by molar-refractivity contribution is -0.135. The van der Waals surface area contributed by atoms with Crippen LogP contribution < -0.4 is 5.32 Å². The molecule has 0 fully saturated rings. The smallest absolute Gasteiger partial charge is 0.350 e. The molecule has 0 bridgehead atoms. The van der Waals surface area contributed by atoms with Crippen molar-refractivity contribution in [3.63, 3.8) is 0 Å². The molecule has 1 aromatic carbocycles. The topological polar surface area (TPSA) is 62.1 Å². The van der Waals surface area contributed by atoms with Crippen molar-refractivity contribution in [2.45, 2.75) is 0 Å². The van der Waals surface area contributed by atoms with Crippen LogP contribution in [-0.4, -0.2) is 20.1 Å². The van der Waals surface area contributed by atoms with Crippen molar-refractivity contribution in [3.8, 4) is 6.07 Å². The van der Waals surface area contributed by atoms with E-state index in [4.69, 9.17) is 5.26 Å². The van der Waals surface area contributed by atoms with Crippen LogP contribution in [0.4, 0.5) is 0 Å². The lowest BCUT2D eigenvalue weighted by Crippen LogP contribution is -2.14. The van der Waals surface area contributed by atoms with E-state index in [1.54, 1.807) is 7.05 Å². The molecule has 0 aliphatic heterocycles. The average molecular weight is 216 g/mol. The van der Waals surface area contributed by atoms with Gasteiger partial charge in [-0.25, -0.2) is 4.79 Å². The van der Waals surface area contributed by atoms with Gasteiger partial charge in [0.2, 0.25) is 0 Å². The van der Waals surface area contributed by atoms with Crippen LogP contribution >= 0.6 is 0 Å². The van der Waals surface area contributed by atoms with Crippen LogP contribution in [-0.2, 0) is 9.53 Å². The lowest BCUT2D eigenvalue weighted by Gasteiger charge is -2.08. The van der Waals surface area contributed by atoms with E-state index in [0.717, 1.165) is 5.56 Å². The Balaban J connectivity index is 3.29. The van der Waals surface area contributed by atoms with Gasteiger partial charge in [0.05, 0.1) is 12.8 Å². The van der Waals surface area contributed by atoms with Gasteiger partial charge in [0.1, 0.15) is 6.07 Å². The summed E-state index contributed by atoms with van der Waals surface area (Å²) in [6, 6.07) is 11.0. The zero-order chi connectivity index (χ0) is 12.0. The second-order valence-electron chi connectivity index (χ2n) is 2.97. The third-order valence-corrected chi connectivity index (χ3v) is 2.06. The van der Waals surface area contributed by atoms with Crippen molar-refractivity contribution < 1.29 is 9.53 Å².